The summed E-state index contributed by atoms with van der Waals surface area (Å²) in [6, 6.07) is 0. The molecule has 14 heavy (non-hydrogen) atoms. The van der Waals surface area contributed by atoms with Crippen LogP contribution in [0, 0.1) is 0 Å². The molecular formula is C12H25ClS. The van der Waals surface area contributed by atoms with Crippen molar-refractivity contribution in [2.45, 2.75) is 64.0 Å². The molecule has 0 aromatic carbocycles. The van der Waals surface area contributed by atoms with E-state index in [2.05, 4.69) is 13.8 Å². The van der Waals surface area contributed by atoms with Gasteiger partial charge in [0.2, 0.25) is 0 Å². The zero-order valence-corrected chi connectivity index (χ0v) is 11.3. The van der Waals surface area contributed by atoms with Crippen molar-refractivity contribution >= 4 is 23.4 Å². The van der Waals surface area contributed by atoms with Gasteiger partial charge in [0.25, 0.3) is 0 Å². The maximum atomic E-state index is 5.73. The summed E-state index contributed by atoms with van der Waals surface area (Å²) in [5, 5.41) is 0.636. The SMILES string of the molecule is CCCCCCCCCSC(C)CCl. The van der Waals surface area contributed by atoms with E-state index < -0.39 is 0 Å². The summed E-state index contributed by atoms with van der Waals surface area (Å²) in [5.74, 6) is 2.09. The Kier molecular flexibility index (Phi) is 12.2. The van der Waals surface area contributed by atoms with Gasteiger partial charge in [-0.25, -0.2) is 0 Å². The van der Waals surface area contributed by atoms with Gasteiger partial charge >= 0.3 is 0 Å². The van der Waals surface area contributed by atoms with Crippen LogP contribution in [0.1, 0.15) is 58.8 Å². The molecule has 0 aromatic heterocycles. The first-order chi connectivity index (χ1) is 6.81. The Bertz CT molecular complexity index is 106. The molecule has 0 aliphatic heterocycles. The quantitative estimate of drug-likeness (QED) is 0.376. The molecule has 0 fully saturated rings. The lowest BCUT2D eigenvalue weighted by Gasteiger charge is -2.06. The zero-order chi connectivity index (χ0) is 10.6. The van der Waals surface area contributed by atoms with E-state index in [1.54, 1.807) is 0 Å². The van der Waals surface area contributed by atoms with Gasteiger partial charge in [-0.05, 0) is 12.2 Å². The molecule has 0 radical (unpaired) electrons. The van der Waals surface area contributed by atoms with Gasteiger partial charge in [0.1, 0.15) is 0 Å². The Balaban J connectivity index is 2.92. The lowest BCUT2D eigenvalue weighted by atomic mass is 10.1. The molecule has 86 valence electrons. The minimum Gasteiger partial charge on any atom is -0.158 e. The van der Waals surface area contributed by atoms with Crippen LogP contribution in [0.4, 0.5) is 0 Å². The van der Waals surface area contributed by atoms with Gasteiger partial charge in [-0.2, -0.15) is 11.8 Å². The molecule has 0 amide bonds. The van der Waals surface area contributed by atoms with E-state index in [1.807, 2.05) is 11.8 Å². The van der Waals surface area contributed by atoms with Gasteiger partial charge in [0.05, 0.1) is 0 Å². The van der Waals surface area contributed by atoms with Crippen LogP contribution in [0.25, 0.3) is 0 Å². The number of rotatable bonds is 10. The molecule has 2 heteroatoms. The van der Waals surface area contributed by atoms with E-state index in [0.29, 0.717) is 5.25 Å². The van der Waals surface area contributed by atoms with Crippen LogP contribution < -0.4 is 0 Å². The molecule has 0 N–H and O–H groups in total. The predicted octanol–water partition coefficient (Wildman–Crippen LogP) is 5.10. The first-order valence-corrected chi connectivity index (χ1v) is 7.57. The molecular weight excluding hydrogens is 212 g/mol. The highest BCUT2D eigenvalue weighted by molar-refractivity contribution is 7.99. The second-order valence-corrected chi connectivity index (χ2v) is 5.81. The van der Waals surface area contributed by atoms with Crippen molar-refractivity contribution in [3.8, 4) is 0 Å². The number of hydrogen-bond acceptors (Lipinski definition) is 1. The molecule has 0 saturated carbocycles. The van der Waals surface area contributed by atoms with Crippen LogP contribution >= 0.6 is 23.4 Å². The fraction of sp³-hybridized carbons (Fsp3) is 1.00. The lowest BCUT2D eigenvalue weighted by molar-refractivity contribution is 0.603. The monoisotopic (exact) mass is 236 g/mol. The summed E-state index contributed by atoms with van der Waals surface area (Å²) in [4.78, 5) is 0. The highest BCUT2D eigenvalue weighted by Gasteiger charge is 1.98. The summed E-state index contributed by atoms with van der Waals surface area (Å²) in [5.41, 5.74) is 0. The van der Waals surface area contributed by atoms with Gasteiger partial charge in [-0.1, -0.05) is 52.4 Å². The summed E-state index contributed by atoms with van der Waals surface area (Å²) >= 11 is 7.74. The number of thioether (sulfide) groups is 1. The normalized spacial score (nSPS) is 13.1. The fourth-order valence-corrected chi connectivity index (χ4v) is 2.52. The highest BCUT2D eigenvalue weighted by atomic mass is 35.5. The van der Waals surface area contributed by atoms with E-state index in [0.717, 1.165) is 5.88 Å². The third-order valence-corrected chi connectivity index (χ3v) is 4.27. The third kappa shape index (κ3) is 10.7. The second-order valence-electron chi connectivity index (χ2n) is 3.96. The third-order valence-electron chi connectivity index (χ3n) is 2.37. The van der Waals surface area contributed by atoms with E-state index in [1.165, 1.54) is 50.7 Å². The van der Waals surface area contributed by atoms with Gasteiger partial charge in [0, 0.05) is 11.1 Å². The Hall–Kier alpha value is 0.640. The maximum absolute atomic E-state index is 5.73. The van der Waals surface area contributed by atoms with Crippen molar-refractivity contribution < 1.29 is 0 Å². The summed E-state index contributed by atoms with van der Waals surface area (Å²) in [7, 11) is 0. The molecule has 0 rings (SSSR count). The minimum absolute atomic E-state index is 0.636. The first-order valence-electron chi connectivity index (χ1n) is 5.98. The van der Waals surface area contributed by atoms with Crippen molar-refractivity contribution in [1.29, 1.82) is 0 Å². The number of alkyl halides is 1. The van der Waals surface area contributed by atoms with E-state index in [-0.39, 0.29) is 0 Å². The van der Waals surface area contributed by atoms with E-state index in [4.69, 9.17) is 11.6 Å². The number of unbranched alkanes of at least 4 members (excludes halogenated alkanes) is 6. The Morgan fingerprint density at radius 2 is 1.57 bits per heavy atom. The standard InChI is InChI=1S/C12H25ClS/c1-3-4-5-6-7-8-9-10-14-12(2)11-13/h12H,3-11H2,1-2H3. The lowest BCUT2D eigenvalue weighted by Crippen LogP contribution is -1.98. The zero-order valence-electron chi connectivity index (χ0n) is 9.73. The topological polar surface area (TPSA) is 0 Å². The average Bonchev–Trinajstić information content (AvgIpc) is 2.21. The van der Waals surface area contributed by atoms with Gasteiger partial charge in [-0.3, -0.25) is 0 Å². The molecule has 0 saturated heterocycles. The largest absolute Gasteiger partial charge is 0.158 e. The Morgan fingerprint density at radius 1 is 1.00 bits per heavy atom. The molecule has 0 aliphatic carbocycles. The van der Waals surface area contributed by atoms with Gasteiger partial charge in [-0.15, -0.1) is 11.6 Å². The van der Waals surface area contributed by atoms with Crippen LogP contribution in [0.5, 0.6) is 0 Å². The summed E-state index contributed by atoms with van der Waals surface area (Å²) < 4.78 is 0. The Morgan fingerprint density at radius 3 is 2.14 bits per heavy atom. The molecule has 1 unspecified atom stereocenters. The van der Waals surface area contributed by atoms with E-state index >= 15 is 0 Å². The highest BCUT2D eigenvalue weighted by Crippen LogP contribution is 2.15. The average molecular weight is 237 g/mol. The van der Waals surface area contributed by atoms with Gasteiger partial charge in [0.15, 0.2) is 0 Å². The molecule has 0 spiro atoms. The Labute approximate surface area is 99.2 Å². The molecule has 0 aliphatic rings. The predicted molar refractivity (Wildman–Crippen MR) is 70.6 cm³/mol. The van der Waals surface area contributed by atoms with Crippen LogP contribution in [0.2, 0.25) is 0 Å². The van der Waals surface area contributed by atoms with Crippen molar-refractivity contribution in [2.75, 3.05) is 11.6 Å². The van der Waals surface area contributed by atoms with Crippen LogP contribution in [0.15, 0.2) is 0 Å². The molecule has 0 bridgehead atoms. The molecule has 0 nitrogen and oxygen atoms in total. The second kappa shape index (κ2) is 11.7. The van der Waals surface area contributed by atoms with E-state index in [9.17, 15) is 0 Å². The first kappa shape index (κ1) is 14.6. The van der Waals surface area contributed by atoms with Crippen molar-refractivity contribution in [1.82, 2.24) is 0 Å². The van der Waals surface area contributed by atoms with Crippen molar-refractivity contribution in [3.63, 3.8) is 0 Å². The summed E-state index contributed by atoms with van der Waals surface area (Å²) in [6.45, 7) is 4.48. The van der Waals surface area contributed by atoms with Crippen LogP contribution in [0.3, 0.4) is 0 Å². The molecule has 0 heterocycles. The smallest absolute Gasteiger partial charge is 0.0339 e. The summed E-state index contributed by atoms with van der Waals surface area (Å²) in [6.07, 6.45) is 9.84. The number of hydrogen-bond donors (Lipinski definition) is 0. The molecule has 0 aromatic rings. The van der Waals surface area contributed by atoms with Crippen LogP contribution in [-0.2, 0) is 0 Å². The fourth-order valence-electron chi connectivity index (χ4n) is 1.39. The maximum Gasteiger partial charge on any atom is 0.0339 e. The molecule has 1 atom stereocenters. The minimum atomic E-state index is 0.636. The van der Waals surface area contributed by atoms with Crippen molar-refractivity contribution in [2.24, 2.45) is 0 Å². The number of halogens is 1. The van der Waals surface area contributed by atoms with Crippen LogP contribution in [-0.4, -0.2) is 16.9 Å². The van der Waals surface area contributed by atoms with Gasteiger partial charge < -0.3 is 0 Å². The van der Waals surface area contributed by atoms with Crippen molar-refractivity contribution in [3.05, 3.63) is 0 Å².